The molecule has 0 spiro atoms. The van der Waals surface area contributed by atoms with E-state index in [4.69, 9.17) is 4.42 Å². The molecule has 0 aliphatic heterocycles. The van der Waals surface area contributed by atoms with Crippen LogP contribution in [-0.2, 0) is 0 Å². The molecule has 0 unspecified atom stereocenters. The lowest BCUT2D eigenvalue weighted by Gasteiger charge is -1.85. The summed E-state index contributed by atoms with van der Waals surface area (Å²) in [5.74, 6) is 5.69. The summed E-state index contributed by atoms with van der Waals surface area (Å²) in [6.07, 6.45) is 2.75. The van der Waals surface area contributed by atoms with Crippen molar-refractivity contribution in [1.82, 2.24) is 9.97 Å². The molecule has 0 amide bonds. The molecule has 74 valence electrons. The first-order valence-corrected chi connectivity index (χ1v) is 4.13. The maximum absolute atomic E-state index is 11.2. The largest absolute Gasteiger partial charge is 0.456 e. The van der Waals surface area contributed by atoms with E-state index in [0.29, 0.717) is 5.76 Å². The summed E-state index contributed by atoms with van der Waals surface area (Å²) in [5.41, 5.74) is -0.882. The van der Waals surface area contributed by atoms with E-state index in [0.717, 1.165) is 0 Å². The zero-order valence-corrected chi connectivity index (χ0v) is 7.53. The standard InChI is InChI=1S/C10H6N2O3/c13-9-7(6-11-10(14)12-9)3-4-8-2-1-5-15-8/h1-2,5-6H,(H2,11,12,13,14). The summed E-state index contributed by atoms with van der Waals surface area (Å²) < 4.78 is 4.96. The first kappa shape index (κ1) is 9.09. The number of aromatic amines is 2. The highest BCUT2D eigenvalue weighted by Gasteiger charge is 1.95. The highest BCUT2D eigenvalue weighted by molar-refractivity contribution is 5.36. The van der Waals surface area contributed by atoms with Gasteiger partial charge >= 0.3 is 5.69 Å². The van der Waals surface area contributed by atoms with Crippen LogP contribution in [0.2, 0.25) is 0 Å². The third kappa shape index (κ3) is 2.06. The second kappa shape index (κ2) is 3.72. The van der Waals surface area contributed by atoms with Gasteiger partial charge in [0.15, 0.2) is 5.76 Å². The van der Waals surface area contributed by atoms with Crippen molar-refractivity contribution in [2.24, 2.45) is 0 Å². The van der Waals surface area contributed by atoms with Crippen LogP contribution in [0.5, 0.6) is 0 Å². The minimum absolute atomic E-state index is 0.186. The van der Waals surface area contributed by atoms with Gasteiger partial charge in [-0.3, -0.25) is 9.78 Å². The zero-order chi connectivity index (χ0) is 10.7. The van der Waals surface area contributed by atoms with Crippen LogP contribution >= 0.6 is 0 Å². The number of hydrogen-bond donors (Lipinski definition) is 2. The van der Waals surface area contributed by atoms with Crippen LogP contribution in [0, 0.1) is 11.8 Å². The van der Waals surface area contributed by atoms with Gasteiger partial charge in [-0.15, -0.1) is 0 Å². The molecule has 0 radical (unpaired) electrons. The Balaban J connectivity index is 2.40. The Hall–Kier alpha value is -2.48. The predicted molar refractivity (Wildman–Crippen MR) is 52.4 cm³/mol. The van der Waals surface area contributed by atoms with E-state index >= 15 is 0 Å². The molecule has 2 rings (SSSR count). The smallest absolute Gasteiger partial charge is 0.325 e. The minimum atomic E-state index is -0.552. The highest BCUT2D eigenvalue weighted by atomic mass is 16.3. The first-order chi connectivity index (χ1) is 7.25. The monoisotopic (exact) mass is 202 g/mol. The predicted octanol–water partition coefficient (Wildman–Crippen LogP) is 0.0560. The Kier molecular flexibility index (Phi) is 2.25. The van der Waals surface area contributed by atoms with Gasteiger partial charge in [0.25, 0.3) is 5.56 Å². The number of furan rings is 1. The molecule has 0 bridgehead atoms. The lowest BCUT2D eigenvalue weighted by molar-refractivity contribution is 0.554. The molecule has 0 saturated heterocycles. The van der Waals surface area contributed by atoms with Gasteiger partial charge in [0.05, 0.1) is 6.26 Å². The van der Waals surface area contributed by atoms with Crippen LogP contribution in [0.1, 0.15) is 11.3 Å². The molecule has 0 atom stereocenters. The molecule has 15 heavy (non-hydrogen) atoms. The third-order valence-electron chi connectivity index (χ3n) is 1.66. The van der Waals surface area contributed by atoms with Crippen LogP contribution in [0.3, 0.4) is 0 Å². The number of H-pyrrole nitrogens is 2. The first-order valence-electron chi connectivity index (χ1n) is 4.13. The Morgan fingerprint density at radius 3 is 2.80 bits per heavy atom. The molecule has 0 aliphatic rings. The summed E-state index contributed by atoms with van der Waals surface area (Å²) >= 11 is 0. The Morgan fingerprint density at radius 1 is 1.27 bits per heavy atom. The fraction of sp³-hybridized carbons (Fsp3) is 0. The van der Waals surface area contributed by atoms with Gasteiger partial charge in [0, 0.05) is 6.20 Å². The van der Waals surface area contributed by atoms with Crippen molar-refractivity contribution in [2.45, 2.75) is 0 Å². The number of rotatable bonds is 0. The van der Waals surface area contributed by atoms with E-state index < -0.39 is 11.2 Å². The molecule has 0 aromatic carbocycles. The van der Waals surface area contributed by atoms with Gasteiger partial charge in [-0.25, -0.2) is 4.79 Å². The molecule has 2 aromatic rings. The molecule has 2 aromatic heterocycles. The maximum atomic E-state index is 11.2. The average Bonchev–Trinajstić information content (AvgIpc) is 2.69. The van der Waals surface area contributed by atoms with E-state index in [1.165, 1.54) is 12.5 Å². The molecule has 0 saturated carbocycles. The topological polar surface area (TPSA) is 78.9 Å². The van der Waals surface area contributed by atoms with E-state index in [2.05, 4.69) is 21.8 Å². The van der Waals surface area contributed by atoms with Gasteiger partial charge in [0.1, 0.15) is 5.56 Å². The van der Waals surface area contributed by atoms with Gasteiger partial charge < -0.3 is 9.40 Å². The second-order valence-corrected chi connectivity index (χ2v) is 2.71. The molecule has 5 nitrogen and oxygen atoms in total. The van der Waals surface area contributed by atoms with Crippen molar-refractivity contribution in [3.63, 3.8) is 0 Å². The van der Waals surface area contributed by atoms with Crippen LogP contribution in [0.4, 0.5) is 0 Å². The Morgan fingerprint density at radius 2 is 2.13 bits per heavy atom. The molecule has 5 heteroatoms. The SMILES string of the molecule is O=c1[nH]cc(C#Cc2ccco2)c(=O)[nH]1. The zero-order valence-electron chi connectivity index (χ0n) is 7.53. The molecular formula is C10H6N2O3. The Labute approximate surface area is 83.8 Å². The summed E-state index contributed by atoms with van der Waals surface area (Å²) in [5, 5.41) is 0. The molecule has 0 aliphatic carbocycles. The molecular weight excluding hydrogens is 196 g/mol. The lowest BCUT2D eigenvalue weighted by Crippen LogP contribution is -2.23. The van der Waals surface area contributed by atoms with Crippen LogP contribution < -0.4 is 11.2 Å². The van der Waals surface area contributed by atoms with Crippen molar-refractivity contribution in [1.29, 1.82) is 0 Å². The van der Waals surface area contributed by atoms with Gasteiger partial charge in [-0.05, 0) is 18.1 Å². The second-order valence-electron chi connectivity index (χ2n) is 2.71. The normalized spacial score (nSPS) is 9.33. The molecule has 2 N–H and O–H groups in total. The lowest BCUT2D eigenvalue weighted by atomic mass is 10.3. The number of aromatic nitrogens is 2. The summed E-state index contributed by atoms with van der Waals surface area (Å²) in [7, 11) is 0. The fourth-order valence-corrected chi connectivity index (χ4v) is 0.981. The van der Waals surface area contributed by atoms with Gasteiger partial charge in [-0.1, -0.05) is 5.92 Å². The van der Waals surface area contributed by atoms with E-state index in [-0.39, 0.29) is 5.56 Å². The van der Waals surface area contributed by atoms with Crippen molar-refractivity contribution in [2.75, 3.05) is 0 Å². The van der Waals surface area contributed by atoms with Crippen molar-refractivity contribution >= 4 is 0 Å². The van der Waals surface area contributed by atoms with Gasteiger partial charge in [0.2, 0.25) is 0 Å². The molecule has 0 fully saturated rings. The Bertz CT molecular complexity index is 623. The summed E-state index contributed by atoms with van der Waals surface area (Å²) in [6.45, 7) is 0. The minimum Gasteiger partial charge on any atom is -0.456 e. The third-order valence-corrected chi connectivity index (χ3v) is 1.66. The van der Waals surface area contributed by atoms with Crippen LogP contribution in [-0.4, -0.2) is 9.97 Å². The average molecular weight is 202 g/mol. The van der Waals surface area contributed by atoms with E-state index in [1.807, 2.05) is 0 Å². The van der Waals surface area contributed by atoms with E-state index in [9.17, 15) is 9.59 Å². The maximum Gasteiger partial charge on any atom is 0.325 e. The highest BCUT2D eigenvalue weighted by Crippen LogP contribution is 1.96. The van der Waals surface area contributed by atoms with Crippen molar-refractivity contribution in [3.8, 4) is 11.8 Å². The van der Waals surface area contributed by atoms with Crippen molar-refractivity contribution < 1.29 is 4.42 Å². The number of hydrogen-bond acceptors (Lipinski definition) is 3. The van der Waals surface area contributed by atoms with Crippen molar-refractivity contribution in [3.05, 3.63) is 56.8 Å². The molecule has 2 heterocycles. The van der Waals surface area contributed by atoms with Crippen LogP contribution in [0.25, 0.3) is 0 Å². The summed E-state index contributed by atoms with van der Waals surface area (Å²) in [6, 6.07) is 3.37. The summed E-state index contributed by atoms with van der Waals surface area (Å²) in [4.78, 5) is 26.3. The van der Waals surface area contributed by atoms with Crippen LogP contribution in [0.15, 0.2) is 38.6 Å². The van der Waals surface area contributed by atoms with Gasteiger partial charge in [-0.2, -0.15) is 0 Å². The fourth-order valence-electron chi connectivity index (χ4n) is 0.981. The number of nitrogens with one attached hydrogen (secondary N) is 2. The quantitative estimate of drug-likeness (QED) is 0.593. The van der Waals surface area contributed by atoms with E-state index in [1.54, 1.807) is 12.1 Å².